The summed E-state index contributed by atoms with van der Waals surface area (Å²) in [4.78, 5) is 11.7. The fourth-order valence-corrected chi connectivity index (χ4v) is 7.03. The maximum atomic E-state index is 13.2. The molecule has 0 saturated carbocycles. The molecule has 2 aromatic rings. The zero-order chi connectivity index (χ0) is 23.2. The van der Waals surface area contributed by atoms with E-state index in [1.165, 1.54) is 32.9 Å². The van der Waals surface area contributed by atoms with E-state index in [0.29, 0.717) is 42.4 Å². The first kappa shape index (κ1) is 22.1. The summed E-state index contributed by atoms with van der Waals surface area (Å²) in [5.74, 6) is 0.723. The molecule has 3 heterocycles. The number of hydrogen-bond donors (Lipinski definition) is 1. The van der Waals surface area contributed by atoms with Gasteiger partial charge >= 0.3 is 0 Å². The monoisotopic (exact) mass is 493 g/mol. The van der Waals surface area contributed by atoms with Crippen LogP contribution < -0.4 is 14.8 Å². The number of amides is 1. The molecular formula is C21H23N3O7S2. The third kappa shape index (κ3) is 4.07. The second-order valence-corrected chi connectivity index (χ2v) is 11.9. The number of nitrogens with zero attached hydrogens (tertiary/aromatic N) is 2. The molecule has 33 heavy (non-hydrogen) atoms. The molecule has 0 aromatic heterocycles. The number of anilines is 1. The van der Waals surface area contributed by atoms with Crippen LogP contribution in [0.5, 0.6) is 11.5 Å². The van der Waals surface area contributed by atoms with Crippen LogP contribution in [0.25, 0.3) is 0 Å². The number of hydrogen-bond acceptors (Lipinski definition) is 7. The topological polar surface area (TPSA) is 122 Å². The summed E-state index contributed by atoms with van der Waals surface area (Å²) in [6.07, 6.45) is 0.852. The van der Waals surface area contributed by atoms with Crippen molar-refractivity contribution in [2.45, 2.75) is 22.6 Å². The van der Waals surface area contributed by atoms with Crippen molar-refractivity contribution in [1.29, 1.82) is 0 Å². The second kappa shape index (κ2) is 8.28. The zero-order valence-electron chi connectivity index (χ0n) is 17.7. The largest absolute Gasteiger partial charge is 0.490 e. The van der Waals surface area contributed by atoms with Crippen LogP contribution in [-0.2, 0) is 31.3 Å². The maximum absolute atomic E-state index is 13.2. The van der Waals surface area contributed by atoms with Crippen LogP contribution in [0.4, 0.5) is 5.69 Å². The summed E-state index contributed by atoms with van der Waals surface area (Å²) < 4.78 is 66.3. The number of rotatable bonds is 4. The predicted octanol–water partition coefficient (Wildman–Crippen LogP) is 1.04. The van der Waals surface area contributed by atoms with Gasteiger partial charge in [-0.2, -0.15) is 8.61 Å². The van der Waals surface area contributed by atoms with E-state index in [4.69, 9.17) is 9.47 Å². The van der Waals surface area contributed by atoms with E-state index >= 15 is 0 Å². The Bertz CT molecular complexity index is 1320. The molecule has 3 aliphatic rings. The minimum absolute atomic E-state index is 0.0282. The van der Waals surface area contributed by atoms with Gasteiger partial charge in [-0.15, -0.1) is 0 Å². The van der Waals surface area contributed by atoms with Gasteiger partial charge < -0.3 is 14.8 Å². The van der Waals surface area contributed by atoms with Gasteiger partial charge in [0.05, 0.1) is 29.4 Å². The van der Waals surface area contributed by atoms with Crippen molar-refractivity contribution in [3.05, 3.63) is 42.0 Å². The average Bonchev–Trinajstić information content (AvgIpc) is 3.02. The standard InChI is InChI=1S/C21H23N3O7S2/c25-21-13-15-12-16(2-4-18(15)22-21)32(26,27)23-6-8-24(9-7-23)33(28,29)17-3-5-19-20(14-17)31-11-1-10-30-19/h2-5,12,14H,1,6-11,13H2,(H,22,25). The normalized spacial score (nSPS) is 19.6. The minimum atomic E-state index is -3.82. The van der Waals surface area contributed by atoms with Gasteiger partial charge in [-0.25, -0.2) is 16.8 Å². The van der Waals surface area contributed by atoms with Gasteiger partial charge in [-0.05, 0) is 35.9 Å². The maximum Gasteiger partial charge on any atom is 0.243 e. The Labute approximate surface area is 192 Å². The summed E-state index contributed by atoms with van der Waals surface area (Å²) in [6.45, 7) is 1.06. The number of nitrogens with one attached hydrogen (secondary N) is 1. The van der Waals surface area contributed by atoms with Crippen LogP contribution in [0.3, 0.4) is 0 Å². The first-order chi connectivity index (χ1) is 15.7. The lowest BCUT2D eigenvalue weighted by atomic mass is 10.2. The zero-order valence-corrected chi connectivity index (χ0v) is 19.3. The number of benzene rings is 2. The summed E-state index contributed by atoms with van der Waals surface area (Å²) in [5.41, 5.74) is 1.25. The summed E-state index contributed by atoms with van der Waals surface area (Å²) >= 11 is 0. The highest BCUT2D eigenvalue weighted by Gasteiger charge is 2.35. The number of ether oxygens (including phenoxy) is 2. The number of sulfonamides is 2. The van der Waals surface area contributed by atoms with Gasteiger partial charge in [0.2, 0.25) is 26.0 Å². The predicted molar refractivity (Wildman–Crippen MR) is 118 cm³/mol. The SMILES string of the molecule is O=C1Cc2cc(S(=O)(=O)N3CCN(S(=O)(=O)c4ccc5c(c4)OCCCO5)CC3)ccc2N1. The number of carbonyl (C=O) groups excluding carboxylic acids is 1. The van der Waals surface area contributed by atoms with E-state index in [2.05, 4.69) is 5.32 Å². The van der Waals surface area contributed by atoms with Crippen molar-refractivity contribution in [1.82, 2.24) is 8.61 Å². The van der Waals surface area contributed by atoms with Gasteiger partial charge in [0, 0.05) is 44.4 Å². The molecule has 1 fully saturated rings. The summed E-state index contributed by atoms with van der Waals surface area (Å²) in [6, 6.07) is 9.06. The first-order valence-electron chi connectivity index (χ1n) is 10.6. The van der Waals surface area contributed by atoms with Gasteiger partial charge in [0.15, 0.2) is 11.5 Å². The molecule has 0 radical (unpaired) electrons. The van der Waals surface area contributed by atoms with E-state index < -0.39 is 20.0 Å². The molecule has 1 saturated heterocycles. The highest BCUT2D eigenvalue weighted by Crippen LogP contribution is 2.33. The van der Waals surface area contributed by atoms with Gasteiger partial charge in [0.25, 0.3) is 0 Å². The van der Waals surface area contributed by atoms with E-state index in [-0.39, 0.29) is 48.3 Å². The fourth-order valence-electron chi connectivity index (χ4n) is 4.12. The lowest BCUT2D eigenvalue weighted by Crippen LogP contribution is -2.50. The molecular weight excluding hydrogens is 470 g/mol. The molecule has 5 rings (SSSR count). The molecule has 10 nitrogen and oxygen atoms in total. The van der Waals surface area contributed by atoms with E-state index in [1.807, 2.05) is 0 Å². The molecule has 0 atom stereocenters. The molecule has 1 amide bonds. The highest BCUT2D eigenvalue weighted by molar-refractivity contribution is 7.89. The number of carbonyl (C=O) groups is 1. The van der Waals surface area contributed by atoms with E-state index in [1.54, 1.807) is 12.1 Å². The number of piperazine rings is 1. The Hall–Kier alpha value is -2.67. The molecule has 0 spiro atoms. The van der Waals surface area contributed by atoms with Gasteiger partial charge in [0.1, 0.15) is 0 Å². The summed E-state index contributed by atoms with van der Waals surface area (Å²) in [5, 5.41) is 2.68. The third-order valence-electron chi connectivity index (χ3n) is 5.89. The lowest BCUT2D eigenvalue weighted by Gasteiger charge is -2.33. The molecule has 0 aliphatic carbocycles. The molecule has 12 heteroatoms. The van der Waals surface area contributed by atoms with Crippen molar-refractivity contribution < 1.29 is 31.1 Å². The summed E-state index contributed by atoms with van der Waals surface area (Å²) in [7, 11) is -7.64. The quantitative estimate of drug-likeness (QED) is 0.675. The smallest absolute Gasteiger partial charge is 0.243 e. The van der Waals surface area contributed by atoms with Crippen LogP contribution in [0.15, 0.2) is 46.2 Å². The van der Waals surface area contributed by atoms with Crippen molar-refractivity contribution >= 4 is 31.6 Å². The molecule has 0 bridgehead atoms. The Morgan fingerprint density at radius 2 is 1.33 bits per heavy atom. The van der Waals surface area contributed by atoms with Gasteiger partial charge in [-0.1, -0.05) is 0 Å². The Balaban J connectivity index is 1.31. The van der Waals surface area contributed by atoms with Crippen LogP contribution >= 0.6 is 0 Å². The lowest BCUT2D eigenvalue weighted by molar-refractivity contribution is -0.115. The van der Waals surface area contributed by atoms with Crippen LogP contribution in [-0.4, -0.2) is 70.7 Å². The Morgan fingerprint density at radius 1 is 0.758 bits per heavy atom. The Kier molecular flexibility index (Phi) is 5.55. The molecule has 3 aliphatic heterocycles. The average molecular weight is 494 g/mol. The number of fused-ring (bicyclic) bond motifs is 2. The van der Waals surface area contributed by atoms with Crippen LogP contribution in [0, 0.1) is 0 Å². The molecule has 0 unspecified atom stereocenters. The van der Waals surface area contributed by atoms with E-state index in [9.17, 15) is 21.6 Å². The van der Waals surface area contributed by atoms with Crippen LogP contribution in [0.1, 0.15) is 12.0 Å². The third-order valence-corrected chi connectivity index (χ3v) is 9.68. The molecule has 2 aromatic carbocycles. The van der Waals surface area contributed by atoms with E-state index in [0.717, 1.165) is 0 Å². The molecule has 1 N–H and O–H groups in total. The Morgan fingerprint density at radius 3 is 2.00 bits per heavy atom. The van der Waals surface area contributed by atoms with Crippen molar-refractivity contribution in [2.75, 3.05) is 44.7 Å². The molecule has 176 valence electrons. The van der Waals surface area contributed by atoms with Crippen molar-refractivity contribution in [2.24, 2.45) is 0 Å². The fraction of sp³-hybridized carbons (Fsp3) is 0.381. The van der Waals surface area contributed by atoms with Crippen LogP contribution in [0.2, 0.25) is 0 Å². The minimum Gasteiger partial charge on any atom is -0.490 e. The van der Waals surface area contributed by atoms with Crippen molar-refractivity contribution in [3.8, 4) is 11.5 Å². The highest BCUT2D eigenvalue weighted by atomic mass is 32.2. The van der Waals surface area contributed by atoms with Crippen molar-refractivity contribution in [3.63, 3.8) is 0 Å². The second-order valence-electron chi connectivity index (χ2n) is 8.01. The van der Waals surface area contributed by atoms with Gasteiger partial charge in [-0.3, -0.25) is 4.79 Å². The first-order valence-corrected chi connectivity index (χ1v) is 13.5.